The highest BCUT2D eigenvalue weighted by molar-refractivity contribution is 7.91. The fourth-order valence-corrected chi connectivity index (χ4v) is 3.93. The lowest BCUT2D eigenvalue weighted by atomic mass is 10.1. The summed E-state index contributed by atoms with van der Waals surface area (Å²) in [6, 6.07) is 6.16. The summed E-state index contributed by atoms with van der Waals surface area (Å²) in [5, 5.41) is 5.58. The van der Waals surface area contributed by atoms with E-state index in [1.165, 1.54) is 0 Å². The third-order valence-corrected chi connectivity index (χ3v) is 4.92. The molecule has 2 N–H and O–H groups in total. The topological polar surface area (TPSA) is 75.3 Å². The van der Waals surface area contributed by atoms with Gasteiger partial charge in [-0.25, -0.2) is 8.42 Å². The summed E-state index contributed by atoms with van der Waals surface area (Å²) in [7, 11) is -1.67. The van der Waals surface area contributed by atoms with Crippen LogP contribution in [-0.4, -0.2) is 33.2 Å². The second-order valence-electron chi connectivity index (χ2n) is 4.37. The lowest BCUT2D eigenvalue weighted by molar-refractivity contribution is -0.122. The van der Waals surface area contributed by atoms with Crippen LogP contribution in [0.2, 0.25) is 0 Å². The molecule has 0 fully saturated rings. The molecular formula is C12H16N2O3S. The van der Waals surface area contributed by atoms with Gasteiger partial charge >= 0.3 is 0 Å². The van der Waals surface area contributed by atoms with E-state index in [4.69, 9.17) is 0 Å². The maximum atomic E-state index is 11.9. The average molecular weight is 268 g/mol. The van der Waals surface area contributed by atoms with Crippen molar-refractivity contribution < 1.29 is 13.2 Å². The van der Waals surface area contributed by atoms with Gasteiger partial charge in [0.2, 0.25) is 5.91 Å². The Morgan fingerprint density at radius 1 is 1.39 bits per heavy atom. The van der Waals surface area contributed by atoms with Crippen LogP contribution in [-0.2, 0) is 14.6 Å². The fraction of sp³-hybridized carbons (Fsp3) is 0.417. The number of nitrogens with one attached hydrogen (secondary N) is 2. The third kappa shape index (κ3) is 2.26. The van der Waals surface area contributed by atoms with Gasteiger partial charge < -0.3 is 5.32 Å². The van der Waals surface area contributed by atoms with Crippen molar-refractivity contribution in [2.24, 2.45) is 0 Å². The molecule has 98 valence electrons. The summed E-state index contributed by atoms with van der Waals surface area (Å²) in [4.78, 5) is 11.8. The van der Waals surface area contributed by atoms with Crippen LogP contribution in [0, 0.1) is 0 Å². The van der Waals surface area contributed by atoms with Crippen molar-refractivity contribution in [2.75, 3.05) is 12.8 Å². The molecule has 6 heteroatoms. The van der Waals surface area contributed by atoms with Crippen LogP contribution in [0.1, 0.15) is 18.5 Å². The SMILES string of the molecule is CNC(=O)C(C)NC1CS(=O)(=O)c2ccccc21. The van der Waals surface area contributed by atoms with Gasteiger partial charge in [0.25, 0.3) is 0 Å². The zero-order chi connectivity index (χ0) is 13.3. The first-order valence-electron chi connectivity index (χ1n) is 5.75. The van der Waals surface area contributed by atoms with Gasteiger partial charge in [0.1, 0.15) is 0 Å². The fourth-order valence-electron chi connectivity index (χ4n) is 2.18. The van der Waals surface area contributed by atoms with Crippen molar-refractivity contribution >= 4 is 15.7 Å². The molecule has 18 heavy (non-hydrogen) atoms. The molecular weight excluding hydrogens is 252 g/mol. The Hall–Kier alpha value is -1.40. The minimum atomic E-state index is -3.23. The number of fused-ring (bicyclic) bond motifs is 1. The standard InChI is InChI=1S/C12H16N2O3S/c1-8(12(15)13-2)14-10-7-18(16,17)11-6-4-3-5-9(10)11/h3-6,8,10,14H,7H2,1-2H3,(H,13,15). The molecule has 0 aromatic heterocycles. The van der Waals surface area contributed by atoms with Crippen molar-refractivity contribution in [2.45, 2.75) is 23.9 Å². The highest BCUT2D eigenvalue weighted by Crippen LogP contribution is 2.33. The van der Waals surface area contributed by atoms with Crippen LogP contribution in [0.15, 0.2) is 29.2 Å². The number of hydrogen-bond acceptors (Lipinski definition) is 4. The number of benzene rings is 1. The van der Waals surface area contributed by atoms with E-state index in [1.54, 1.807) is 38.2 Å². The lowest BCUT2D eigenvalue weighted by Crippen LogP contribution is -2.42. The molecule has 0 radical (unpaired) electrons. The van der Waals surface area contributed by atoms with Crippen LogP contribution in [0.4, 0.5) is 0 Å². The van der Waals surface area contributed by atoms with E-state index in [0.717, 1.165) is 5.56 Å². The van der Waals surface area contributed by atoms with Gasteiger partial charge in [-0.15, -0.1) is 0 Å². The summed E-state index contributed by atoms with van der Waals surface area (Å²) in [6.45, 7) is 1.71. The van der Waals surface area contributed by atoms with E-state index in [0.29, 0.717) is 4.90 Å². The van der Waals surface area contributed by atoms with E-state index in [9.17, 15) is 13.2 Å². The van der Waals surface area contributed by atoms with Crippen LogP contribution in [0.25, 0.3) is 0 Å². The first-order valence-corrected chi connectivity index (χ1v) is 7.40. The maximum Gasteiger partial charge on any atom is 0.236 e. The molecule has 1 aromatic rings. The molecule has 1 heterocycles. The number of carbonyl (C=O) groups excluding carboxylic acids is 1. The predicted octanol–water partition coefficient (Wildman–Crippen LogP) is 0.239. The Balaban J connectivity index is 2.26. The van der Waals surface area contributed by atoms with Crippen molar-refractivity contribution in [3.63, 3.8) is 0 Å². The number of amides is 1. The molecule has 1 aliphatic heterocycles. The Kier molecular flexibility index (Phi) is 3.41. The Morgan fingerprint density at radius 2 is 2.06 bits per heavy atom. The smallest absolute Gasteiger partial charge is 0.236 e. The lowest BCUT2D eigenvalue weighted by Gasteiger charge is -2.18. The molecule has 0 bridgehead atoms. The van der Waals surface area contributed by atoms with Crippen molar-refractivity contribution in [3.8, 4) is 0 Å². The van der Waals surface area contributed by atoms with Crippen LogP contribution < -0.4 is 10.6 Å². The zero-order valence-corrected chi connectivity index (χ0v) is 11.1. The van der Waals surface area contributed by atoms with E-state index in [1.807, 2.05) is 0 Å². The maximum absolute atomic E-state index is 11.9. The molecule has 0 saturated carbocycles. The van der Waals surface area contributed by atoms with Crippen LogP contribution >= 0.6 is 0 Å². The minimum Gasteiger partial charge on any atom is -0.358 e. The van der Waals surface area contributed by atoms with Crippen molar-refractivity contribution in [1.29, 1.82) is 0 Å². The highest BCUT2D eigenvalue weighted by atomic mass is 32.2. The molecule has 1 aromatic carbocycles. The monoisotopic (exact) mass is 268 g/mol. The summed E-state index contributed by atoms with van der Waals surface area (Å²) in [5.74, 6) is -0.148. The summed E-state index contributed by atoms with van der Waals surface area (Å²) < 4.78 is 23.9. The molecule has 5 nitrogen and oxygen atoms in total. The Labute approximate surface area is 107 Å². The molecule has 2 unspecified atom stereocenters. The summed E-state index contributed by atoms with van der Waals surface area (Å²) >= 11 is 0. The van der Waals surface area contributed by atoms with E-state index in [2.05, 4.69) is 10.6 Å². The largest absolute Gasteiger partial charge is 0.358 e. The number of rotatable bonds is 3. The van der Waals surface area contributed by atoms with Crippen molar-refractivity contribution in [1.82, 2.24) is 10.6 Å². The molecule has 2 atom stereocenters. The van der Waals surface area contributed by atoms with Gasteiger partial charge in [-0.05, 0) is 18.6 Å². The minimum absolute atomic E-state index is 0.00762. The quantitative estimate of drug-likeness (QED) is 0.823. The highest BCUT2D eigenvalue weighted by Gasteiger charge is 2.35. The van der Waals surface area contributed by atoms with E-state index >= 15 is 0 Å². The summed E-state index contributed by atoms with van der Waals surface area (Å²) in [5.41, 5.74) is 0.744. The number of sulfone groups is 1. The summed E-state index contributed by atoms with van der Waals surface area (Å²) in [6.07, 6.45) is 0. The second-order valence-corrected chi connectivity index (χ2v) is 6.38. The Morgan fingerprint density at radius 3 is 2.72 bits per heavy atom. The van der Waals surface area contributed by atoms with Crippen molar-refractivity contribution in [3.05, 3.63) is 29.8 Å². The zero-order valence-electron chi connectivity index (χ0n) is 10.3. The van der Waals surface area contributed by atoms with E-state index in [-0.39, 0.29) is 17.7 Å². The molecule has 1 amide bonds. The van der Waals surface area contributed by atoms with Crippen LogP contribution in [0.5, 0.6) is 0 Å². The van der Waals surface area contributed by atoms with E-state index < -0.39 is 15.9 Å². The van der Waals surface area contributed by atoms with Gasteiger partial charge in [0, 0.05) is 13.1 Å². The first-order chi connectivity index (χ1) is 8.45. The number of carbonyl (C=O) groups is 1. The molecule has 0 aliphatic carbocycles. The number of hydrogen-bond donors (Lipinski definition) is 2. The average Bonchev–Trinajstić information content (AvgIpc) is 2.61. The molecule has 1 aliphatic rings. The van der Waals surface area contributed by atoms with Crippen LogP contribution in [0.3, 0.4) is 0 Å². The number of likely N-dealkylation sites (N-methyl/N-ethyl adjacent to an activating group) is 1. The predicted molar refractivity (Wildman–Crippen MR) is 67.9 cm³/mol. The normalized spacial score (nSPS) is 22.2. The van der Waals surface area contributed by atoms with Gasteiger partial charge in [0.05, 0.1) is 16.7 Å². The molecule has 0 saturated heterocycles. The first kappa shape index (κ1) is 13.0. The van der Waals surface area contributed by atoms with Gasteiger partial charge in [-0.1, -0.05) is 18.2 Å². The molecule has 2 rings (SSSR count). The second kappa shape index (κ2) is 4.70. The molecule has 0 spiro atoms. The third-order valence-electron chi connectivity index (χ3n) is 3.11. The van der Waals surface area contributed by atoms with Gasteiger partial charge in [0.15, 0.2) is 9.84 Å². The van der Waals surface area contributed by atoms with Gasteiger partial charge in [-0.3, -0.25) is 10.1 Å². The van der Waals surface area contributed by atoms with Gasteiger partial charge in [-0.2, -0.15) is 0 Å². The Bertz CT molecular complexity index is 568.